The van der Waals surface area contributed by atoms with Gasteiger partial charge in [-0.15, -0.1) is 0 Å². The molecular formula is C19H23N5O3. The molecule has 0 aliphatic carbocycles. The van der Waals surface area contributed by atoms with E-state index in [1.807, 2.05) is 31.2 Å². The van der Waals surface area contributed by atoms with Crippen molar-refractivity contribution in [1.29, 1.82) is 0 Å². The highest BCUT2D eigenvalue weighted by Gasteiger charge is 2.24. The van der Waals surface area contributed by atoms with Gasteiger partial charge in [-0.25, -0.2) is 5.10 Å². The zero-order valence-electron chi connectivity index (χ0n) is 15.2. The van der Waals surface area contributed by atoms with Gasteiger partial charge in [0.25, 0.3) is 11.5 Å². The van der Waals surface area contributed by atoms with E-state index in [-0.39, 0.29) is 29.0 Å². The topological polar surface area (TPSA) is 107 Å². The lowest BCUT2D eigenvalue weighted by Gasteiger charge is -2.33. The van der Waals surface area contributed by atoms with Crippen LogP contribution in [0.4, 0.5) is 11.4 Å². The summed E-state index contributed by atoms with van der Waals surface area (Å²) in [4.78, 5) is 37.3. The summed E-state index contributed by atoms with van der Waals surface area (Å²) >= 11 is 0. The van der Waals surface area contributed by atoms with Crippen molar-refractivity contribution in [2.45, 2.75) is 19.8 Å². The van der Waals surface area contributed by atoms with Crippen LogP contribution in [0.2, 0.25) is 0 Å². The Bertz CT molecular complexity index is 834. The standard InChI is InChI=1S/C19H23N5O3/c1-2-20-18(26)13-9-11-24(12-10-13)15-5-3-14(4-6-15)21-19(27)16-7-8-17(25)23-22-16/h3-8,13H,2,9-12H2,1H3,(H,20,26)(H,21,27)(H,23,25). The van der Waals surface area contributed by atoms with E-state index < -0.39 is 0 Å². The molecule has 1 fully saturated rings. The van der Waals surface area contributed by atoms with Crippen LogP contribution in [0.1, 0.15) is 30.3 Å². The SMILES string of the molecule is CCNC(=O)C1CCN(c2ccc(NC(=O)c3ccc(=O)[nH]n3)cc2)CC1. The van der Waals surface area contributed by atoms with Crippen molar-refractivity contribution in [3.8, 4) is 0 Å². The van der Waals surface area contributed by atoms with Gasteiger partial charge >= 0.3 is 0 Å². The molecule has 0 bridgehead atoms. The number of H-pyrrole nitrogens is 1. The first kappa shape index (κ1) is 18.6. The van der Waals surface area contributed by atoms with Gasteiger partial charge in [0.15, 0.2) is 0 Å². The van der Waals surface area contributed by atoms with Crippen LogP contribution < -0.4 is 21.1 Å². The first-order chi connectivity index (χ1) is 13.1. The Morgan fingerprint density at radius 1 is 1.15 bits per heavy atom. The first-order valence-corrected chi connectivity index (χ1v) is 9.06. The molecule has 2 amide bonds. The highest BCUT2D eigenvalue weighted by molar-refractivity contribution is 6.02. The minimum Gasteiger partial charge on any atom is -0.371 e. The molecule has 8 nitrogen and oxygen atoms in total. The van der Waals surface area contributed by atoms with Crippen LogP contribution in [0.25, 0.3) is 0 Å². The Balaban J connectivity index is 1.56. The van der Waals surface area contributed by atoms with Gasteiger partial charge in [-0.3, -0.25) is 14.4 Å². The van der Waals surface area contributed by atoms with Crippen molar-refractivity contribution in [2.24, 2.45) is 5.92 Å². The van der Waals surface area contributed by atoms with Crippen molar-refractivity contribution in [1.82, 2.24) is 15.5 Å². The smallest absolute Gasteiger partial charge is 0.276 e. The number of aromatic amines is 1. The van der Waals surface area contributed by atoms with E-state index in [0.29, 0.717) is 12.2 Å². The maximum Gasteiger partial charge on any atom is 0.276 e. The number of anilines is 2. The minimum atomic E-state index is -0.387. The van der Waals surface area contributed by atoms with E-state index in [1.54, 1.807) is 0 Å². The summed E-state index contributed by atoms with van der Waals surface area (Å²) in [6.45, 7) is 4.25. The van der Waals surface area contributed by atoms with E-state index in [2.05, 4.69) is 25.7 Å². The maximum atomic E-state index is 12.1. The number of carbonyl (C=O) groups is 2. The number of rotatable bonds is 5. The monoisotopic (exact) mass is 369 g/mol. The normalized spacial score (nSPS) is 14.6. The predicted molar refractivity (Wildman–Crippen MR) is 103 cm³/mol. The molecule has 0 unspecified atom stereocenters. The molecule has 3 N–H and O–H groups in total. The number of hydrogen-bond donors (Lipinski definition) is 3. The summed E-state index contributed by atoms with van der Waals surface area (Å²) in [6.07, 6.45) is 1.67. The molecule has 0 spiro atoms. The van der Waals surface area contributed by atoms with Gasteiger partial charge in [0.2, 0.25) is 5.91 Å². The maximum absolute atomic E-state index is 12.1. The van der Waals surface area contributed by atoms with E-state index in [4.69, 9.17) is 0 Å². The van der Waals surface area contributed by atoms with Gasteiger partial charge in [-0.1, -0.05) is 0 Å². The highest BCUT2D eigenvalue weighted by atomic mass is 16.2. The molecule has 0 radical (unpaired) electrons. The van der Waals surface area contributed by atoms with Crippen molar-refractivity contribution < 1.29 is 9.59 Å². The fraction of sp³-hybridized carbons (Fsp3) is 0.368. The molecule has 8 heteroatoms. The largest absolute Gasteiger partial charge is 0.371 e. The van der Waals surface area contributed by atoms with Gasteiger partial charge in [0.05, 0.1) is 0 Å². The summed E-state index contributed by atoms with van der Waals surface area (Å²) in [6, 6.07) is 10.2. The average molecular weight is 369 g/mol. The fourth-order valence-corrected chi connectivity index (χ4v) is 3.14. The summed E-state index contributed by atoms with van der Waals surface area (Å²) < 4.78 is 0. The number of piperidine rings is 1. The van der Waals surface area contributed by atoms with Crippen LogP contribution in [0.5, 0.6) is 0 Å². The molecule has 2 aromatic rings. The van der Waals surface area contributed by atoms with Crippen LogP contribution in [-0.4, -0.2) is 41.6 Å². The minimum absolute atomic E-state index is 0.0876. The zero-order valence-corrected chi connectivity index (χ0v) is 15.2. The van der Waals surface area contributed by atoms with Crippen LogP contribution in [0.15, 0.2) is 41.2 Å². The van der Waals surface area contributed by atoms with E-state index in [0.717, 1.165) is 31.6 Å². The second-order valence-electron chi connectivity index (χ2n) is 6.46. The quantitative estimate of drug-likeness (QED) is 0.738. The van der Waals surface area contributed by atoms with Crippen molar-refractivity contribution in [3.63, 3.8) is 0 Å². The van der Waals surface area contributed by atoms with E-state index in [1.165, 1.54) is 12.1 Å². The van der Waals surface area contributed by atoms with Gasteiger partial charge in [-0.2, -0.15) is 5.10 Å². The average Bonchev–Trinajstić information content (AvgIpc) is 2.69. The third kappa shape index (κ3) is 4.72. The molecule has 0 saturated carbocycles. The molecule has 27 heavy (non-hydrogen) atoms. The lowest BCUT2D eigenvalue weighted by molar-refractivity contribution is -0.125. The predicted octanol–water partition coefficient (Wildman–Crippen LogP) is 1.37. The summed E-state index contributed by atoms with van der Waals surface area (Å²) in [5.74, 6) is -0.155. The molecule has 1 aliphatic rings. The Morgan fingerprint density at radius 3 is 2.44 bits per heavy atom. The number of carbonyl (C=O) groups excluding carboxylic acids is 2. The van der Waals surface area contributed by atoms with Crippen molar-refractivity contribution in [2.75, 3.05) is 29.9 Å². The molecule has 1 aliphatic heterocycles. The third-order valence-electron chi connectivity index (χ3n) is 4.62. The van der Waals surface area contributed by atoms with Crippen molar-refractivity contribution in [3.05, 3.63) is 52.4 Å². The number of benzene rings is 1. The Labute approximate surface area is 157 Å². The summed E-state index contributed by atoms with van der Waals surface area (Å²) in [5, 5.41) is 11.6. The molecule has 2 heterocycles. The molecule has 1 aromatic carbocycles. The molecule has 142 valence electrons. The lowest BCUT2D eigenvalue weighted by atomic mass is 9.95. The van der Waals surface area contributed by atoms with Gasteiger partial charge in [-0.05, 0) is 50.1 Å². The van der Waals surface area contributed by atoms with Gasteiger partial charge in [0.1, 0.15) is 5.69 Å². The Kier molecular flexibility index (Phi) is 5.85. The molecule has 0 atom stereocenters. The molecule has 1 saturated heterocycles. The van der Waals surface area contributed by atoms with Crippen LogP contribution in [0.3, 0.4) is 0 Å². The number of nitrogens with zero attached hydrogens (tertiary/aromatic N) is 2. The first-order valence-electron chi connectivity index (χ1n) is 9.06. The second kappa shape index (κ2) is 8.48. The van der Waals surface area contributed by atoms with Crippen molar-refractivity contribution >= 4 is 23.2 Å². The molecule has 1 aromatic heterocycles. The third-order valence-corrected chi connectivity index (χ3v) is 4.62. The molecule has 3 rings (SSSR count). The van der Waals surface area contributed by atoms with Crippen LogP contribution >= 0.6 is 0 Å². The Hall–Kier alpha value is -3.16. The summed E-state index contributed by atoms with van der Waals surface area (Å²) in [7, 11) is 0. The summed E-state index contributed by atoms with van der Waals surface area (Å²) in [5.41, 5.74) is 1.50. The highest BCUT2D eigenvalue weighted by Crippen LogP contribution is 2.24. The number of hydrogen-bond acceptors (Lipinski definition) is 5. The Morgan fingerprint density at radius 2 is 1.85 bits per heavy atom. The molecular weight excluding hydrogens is 346 g/mol. The van der Waals surface area contributed by atoms with Crippen LogP contribution in [0, 0.1) is 5.92 Å². The number of nitrogens with one attached hydrogen (secondary N) is 3. The van der Waals surface area contributed by atoms with E-state index in [9.17, 15) is 14.4 Å². The zero-order chi connectivity index (χ0) is 19.2. The number of amides is 2. The second-order valence-corrected chi connectivity index (χ2v) is 6.46. The van der Waals surface area contributed by atoms with Gasteiger partial charge < -0.3 is 15.5 Å². The van der Waals surface area contributed by atoms with E-state index >= 15 is 0 Å². The number of aromatic nitrogens is 2. The lowest BCUT2D eigenvalue weighted by Crippen LogP contribution is -2.40. The fourth-order valence-electron chi connectivity index (χ4n) is 3.14. The van der Waals surface area contributed by atoms with Gasteiger partial charge in [0, 0.05) is 43.0 Å². The van der Waals surface area contributed by atoms with Crippen LogP contribution in [-0.2, 0) is 4.79 Å².